The molecule has 0 bridgehead atoms. The van der Waals surface area contributed by atoms with Gasteiger partial charge in [-0.05, 0) is 6.42 Å². The molecule has 1 aliphatic rings. The van der Waals surface area contributed by atoms with E-state index in [0.29, 0.717) is 6.42 Å². The van der Waals surface area contributed by atoms with Gasteiger partial charge in [0.25, 0.3) is 0 Å². The van der Waals surface area contributed by atoms with Crippen molar-refractivity contribution in [1.29, 1.82) is 0 Å². The van der Waals surface area contributed by atoms with Crippen LogP contribution >= 0.6 is 0 Å². The van der Waals surface area contributed by atoms with Crippen molar-refractivity contribution in [3.8, 4) is 0 Å². The first-order valence-electron chi connectivity index (χ1n) is 12.0. The molecule has 1 saturated carbocycles. The van der Waals surface area contributed by atoms with Crippen LogP contribution in [0.2, 0.25) is 0 Å². The SMILES string of the molecule is C1CCCCC1.CCCCCCCCCCCCCCCCCC(=O)O.[Mn]. The molecule has 27 heavy (non-hydrogen) atoms. The zero-order valence-corrected chi connectivity index (χ0v) is 19.5. The largest absolute Gasteiger partial charge is 0.481 e. The summed E-state index contributed by atoms with van der Waals surface area (Å²) in [5.74, 6) is -0.653. The predicted octanol–water partition coefficient (Wildman–Crippen LogP) is 8.67. The van der Waals surface area contributed by atoms with Crippen LogP contribution in [0.25, 0.3) is 0 Å². The normalized spacial score (nSPS) is 13.4. The molecule has 2 nitrogen and oxygen atoms in total. The minimum Gasteiger partial charge on any atom is -0.481 e. The molecule has 1 fully saturated rings. The molecule has 0 amide bonds. The summed E-state index contributed by atoms with van der Waals surface area (Å²) in [6.45, 7) is 2.27. The average molecular weight is 424 g/mol. The van der Waals surface area contributed by atoms with Crippen LogP contribution in [0.4, 0.5) is 0 Å². The van der Waals surface area contributed by atoms with Crippen molar-refractivity contribution in [2.45, 2.75) is 148 Å². The Morgan fingerprint density at radius 3 is 1.07 bits per heavy atom. The summed E-state index contributed by atoms with van der Waals surface area (Å²) in [6.07, 6.45) is 29.2. The van der Waals surface area contributed by atoms with Gasteiger partial charge in [0.2, 0.25) is 0 Å². The van der Waals surface area contributed by atoms with Gasteiger partial charge in [-0.3, -0.25) is 4.79 Å². The Hall–Kier alpha value is -0.0105. The van der Waals surface area contributed by atoms with E-state index in [4.69, 9.17) is 5.11 Å². The fraction of sp³-hybridized carbons (Fsp3) is 0.958. The molecule has 0 atom stereocenters. The van der Waals surface area contributed by atoms with Gasteiger partial charge in [0.1, 0.15) is 0 Å². The number of carboxylic acids is 1. The molecule has 3 heteroatoms. The maximum atomic E-state index is 10.3. The van der Waals surface area contributed by atoms with E-state index in [9.17, 15) is 4.79 Å². The molecule has 0 aliphatic heterocycles. The van der Waals surface area contributed by atoms with Gasteiger partial charge >= 0.3 is 5.97 Å². The molecule has 1 N–H and O–H groups in total. The first-order chi connectivity index (χ1) is 12.8. The van der Waals surface area contributed by atoms with E-state index in [1.54, 1.807) is 0 Å². The van der Waals surface area contributed by atoms with Gasteiger partial charge < -0.3 is 5.11 Å². The van der Waals surface area contributed by atoms with Gasteiger partial charge in [-0.2, -0.15) is 0 Å². The van der Waals surface area contributed by atoms with Crippen molar-refractivity contribution in [3.05, 3.63) is 0 Å². The summed E-state index contributed by atoms with van der Waals surface area (Å²) < 4.78 is 0. The minimum absolute atomic E-state index is 0. The number of carbonyl (C=O) groups is 1. The topological polar surface area (TPSA) is 37.3 Å². The van der Waals surface area contributed by atoms with Gasteiger partial charge in [0, 0.05) is 23.5 Å². The van der Waals surface area contributed by atoms with Gasteiger partial charge in [-0.25, -0.2) is 0 Å². The fourth-order valence-corrected chi connectivity index (χ4v) is 3.71. The maximum absolute atomic E-state index is 10.3. The summed E-state index contributed by atoms with van der Waals surface area (Å²) in [5.41, 5.74) is 0. The third kappa shape index (κ3) is 28.3. The van der Waals surface area contributed by atoms with Crippen LogP contribution in [0.3, 0.4) is 0 Å². The summed E-state index contributed by atoms with van der Waals surface area (Å²) in [5, 5.41) is 8.52. The molecule has 1 rings (SSSR count). The van der Waals surface area contributed by atoms with E-state index in [0.717, 1.165) is 12.8 Å². The molecule has 1 radical (unpaired) electrons. The van der Waals surface area contributed by atoms with Gasteiger partial charge in [0.05, 0.1) is 0 Å². The Morgan fingerprint density at radius 2 is 0.815 bits per heavy atom. The van der Waals surface area contributed by atoms with E-state index in [1.165, 1.54) is 122 Å². The first-order valence-corrected chi connectivity index (χ1v) is 12.0. The smallest absolute Gasteiger partial charge is 0.303 e. The number of hydrogen-bond acceptors (Lipinski definition) is 1. The molecule has 0 aromatic rings. The zero-order chi connectivity index (χ0) is 19.1. The first kappa shape index (κ1) is 29.2. The van der Waals surface area contributed by atoms with Crippen LogP contribution in [0.1, 0.15) is 148 Å². The fourth-order valence-electron chi connectivity index (χ4n) is 3.71. The van der Waals surface area contributed by atoms with E-state index in [1.807, 2.05) is 0 Å². The van der Waals surface area contributed by atoms with E-state index in [-0.39, 0.29) is 17.1 Å². The number of aliphatic carboxylic acids is 1. The Kier molecular flexibility index (Phi) is 28.1. The quantitative estimate of drug-likeness (QED) is 0.199. The minimum atomic E-state index is -0.653. The maximum Gasteiger partial charge on any atom is 0.303 e. The number of carboxylic acid groups (broad SMARTS) is 1. The second kappa shape index (κ2) is 26.0. The monoisotopic (exact) mass is 423 g/mol. The molecule has 163 valence electrons. The van der Waals surface area contributed by atoms with Crippen molar-refractivity contribution in [2.75, 3.05) is 0 Å². The summed E-state index contributed by atoms with van der Waals surface area (Å²) in [6, 6.07) is 0. The number of unbranched alkanes of at least 4 members (excludes halogenated alkanes) is 14. The Balaban J connectivity index is 0. The van der Waals surface area contributed by atoms with Crippen molar-refractivity contribution >= 4 is 5.97 Å². The van der Waals surface area contributed by atoms with E-state index < -0.39 is 5.97 Å². The Labute approximate surface area is 181 Å². The van der Waals surface area contributed by atoms with Crippen molar-refractivity contribution in [1.82, 2.24) is 0 Å². The zero-order valence-electron chi connectivity index (χ0n) is 18.3. The molecule has 0 heterocycles. The van der Waals surface area contributed by atoms with Crippen LogP contribution in [0.5, 0.6) is 0 Å². The van der Waals surface area contributed by atoms with Crippen LogP contribution in [-0.4, -0.2) is 11.1 Å². The van der Waals surface area contributed by atoms with Crippen molar-refractivity contribution in [3.63, 3.8) is 0 Å². The molecular formula is C24H48MnO2. The average Bonchev–Trinajstić information content (AvgIpc) is 2.66. The second-order valence-electron chi connectivity index (χ2n) is 8.21. The summed E-state index contributed by atoms with van der Waals surface area (Å²) in [7, 11) is 0. The molecule has 0 aromatic carbocycles. The molecule has 0 spiro atoms. The second-order valence-corrected chi connectivity index (χ2v) is 8.21. The van der Waals surface area contributed by atoms with E-state index in [2.05, 4.69) is 6.92 Å². The molecule has 1 aliphatic carbocycles. The Bertz CT molecular complexity index is 266. The molecular weight excluding hydrogens is 375 g/mol. The van der Waals surface area contributed by atoms with Crippen molar-refractivity contribution < 1.29 is 27.0 Å². The van der Waals surface area contributed by atoms with Crippen LogP contribution in [0, 0.1) is 0 Å². The van der Waals surface area contributed by atoms with Crippen LogP contribution in [0.15, 0.2) is 0 Å². The third-order valence-corrected chi connectivity index (χ3v) is 5.49. The predicted molar refractivity (Wildman–Crippen MR) is 115 cm³/mol. The summed E-state index contributed by atoms with van der Waals surface area (Å²) >= 11 is 0. The van der Waals surface area contributed by atoms with Gasteiger partial charge in [-0.15, -0.1) is 0 Å². The number of hydrogen-bond donors (Lipinski definition) is 1. The van der Waals surface area contributed by atoms with Gasteiger partial charge in [0.15, 0.2) is 0 Å². The third-order valence-electron chi connectivity index (χ3n) is 5.49. The molecule has 0 saturated heterocycles. The molecule has 0 aromatic heterocycles. The van der Waals surface area contributed by atoms with Gasteiger partial charge in [-0.1, -0.05) is 135 Å². The Morgan fingerprint density at radius 1 is 0.556 bits per heavy atom. The summed E-state index contributed by atoms with van der Waals surface area (Å²) in [4.78, 5) is 10.3. The molecule has 0 unspecified atom stereocenters. The van der Waals surface area contributed by atoms with Crippen LogP contribution < -0.4 is 0 Å². The standard InChI is InChI=1S/C18H36O2.C6H12.Mn/c1-2-3-4-5-6-7-8-9-10-11-12-13-14-15-16-17-18(19)20;1-2-4-6-5-3-1;/h2-17H2,1H3,(H,19,20);1-6H2;. The van der Waals surface area contributed by atoms with Crippen molar-refractivity contribution in [2.24, 2.45) is 0 Å². The number of rotatable bonds is 16. The van der Waals surface area contributed by atoms with Crippen LogP contribution in [-0.2, 0) is 21.9 Å². The van der Waals surface area contributed by atoms with E-state index >= 15 is 0 Å².